The summed E-state index contributed by atoms with van der Waals surface area (Å²) >= 11 is 0. The van der Waals surface area contributed by atoms with E-state index in [-0.39, 0.29) is 24.0 Å². The zero-order chi connectivity index (χ0) is 20.3. The van der Waals surface area contributed by atoms with Crippen LogP contribution in [-0.4, -0.2) is 58.1 Å². The van der Waals surface area contributed by atoms with Crippen LogP contribution in [0.4, 0.5) is 0 Å². The Balaban J connectivity index is 1.33. The van der Waals surface area contributed by atoms with Gasteiger partial charge in [-0.2, -0.15) is 4.31 Å². The number of ether oxygens (including phenoxy) is 3. The molecule has 0 saturated carbocycles. The molecule has 4 rings (SSSR count). The largest absolute Gasteiger partial charge is 0.454 e. The van der Waals surface area contributed by atoms with Gasteiger partial charge in [-0.15, -0.1) is 0 Å². The molecule has 8 nitrogen and oxygen atoms in total. The van der Waals surface area contributed by atoms with E-state index in [1.807, 2.05) is 18.2 Å². The highest BCUT2D eigenvalue weighted by atomic mass is 32.2. The van der Waals surface area contributed by atoms with Gasteiger partial charge in [0.1, 0.15) is 0 Å². The molecule has 0 radical (unpaired) electrons. The van der Waals surface area contributed by atoms with Crippen LogP contribution in [0.3, 0.4) is 0 Å². The maximum absolute atomic E-state index is 12.6. The highest BCUT2D eigenvalue weighted by Gasteiger charge is 2.26. The van der Waals surface area contributed by atoms with Gasteiger partial charge in [0, 0.05) is 25.2 Å². The van der Waals surface area contributed by atoms with E-state index >= 15 is 0 Å². The van der Waals surface area contributed by atoms with Crippen LogP contribution in [0.5, 0.6) is 11.5 Å². The van der Waals surface area contributed by atoms with Crippen LogP contribution in [0.1, 0.15) is 15.9 Å². The summed E-state index contributed by atoms with van der Waals surface area (Å²) in [4.78, 5) is 12.6. The Kier molecular flexibility index (Phi) is 5.81. The number of sulfonamides is 1. The van der Waals surface area contributed by atoms with Crippen molar-refractivity contribution in [2.75, 3.05) is 39.6 Å². The van der Waals surface area contributed by atoms with Crippen molar-refractivity contribution < 1.29 is 27.4 Å². The zero-order valence-electron chi connectivity index (χ0n) is 15.8. The summed E-state index contributed by atoms with van der Waals surface area (Å²) in [5, 5.41) is 3.10. The molecule has 0 aromatic heterocycles. The van der Waals surface area contributed by atoms with Crippen LogP contribution in [0.2, 0.25) is 0 Å². The van der Waals surface area contributed by atoms with Crippen LogP contribution >= 0.6 is 0 Å². The molecule has 0 spiro atoms. The molecule has 29 heavy (non-hydrogen) atoms. The molecule has 154 valence electrons. The Morgan fingerprint density at radius 1 is 1.00 bits per heavy atom. The van der Waals surface area contributed by atoms with E-state index in [1.165, 1.54) is 16.4 Å². The van der Waals surface area contributed by atoms with Crippen molar-refractivity contribution in [1.82, 2.24) is 9.62 Å². The minimum atomic E-state index is -3.56. The Labute approximate surface area is 169 Å². The summed E-state index contributed by atoms with van der Waals surface area (Å²) in [7, 11) is -3.56. The number of nitrogens with zero attached hydrogens (tertiary/aromatic N) is 1. The van der Waals surface area contributed by atoms with E-state index in [0.29, 0.717) is 44.2 Å². The fraction of sp³-hybridized carbons (Fsp3) is 0.350. The third kappa shape index (κ3) is 4.43. The predicted octanol–water partition coefficient (Wildman–Crippen LogP) is 1.41. The van der Waals surface area contributed by atoms with Crippen molar-refractivity contribution >= 4 is 15.8 Å². The van der Waals surface area contributed by atoms with Gasteiger partial charge in [0.05, 0.1) is 24.7 Å². The maximum Gasteiger partial charge on any atom is 0.243 e. The number of carbonyl (C=O) groups excluding carboxylic acids is 1. The number of fused-ring (bicyclic) bond motifs is 1. The molecular formula is C20H22N2O6S. The van der Waals surface area contributed by atoms with Gasteiger partial charge in [-0.05, 0) is 29.8 Å². The molecule has 1 saturated heterocycles. The van der Waals surface area contributed by atoms with E-state index in [1.54, 1.807) is 12.1 Å². The molecule has 2 heterocycles. The lowest BCUT2D eigenvalue weighted by molar-refractivity contribution is 0.0730. The smallest absolute Gasteiger partial charge is 0.243 e. The van der Waals surface area contributed by atoms with Crippen molar-refractivity contribution in [3.63, 3.8) is 0 Å². The number of morpholine rings is 1. The van der Waals surface area contributed by atoms with Crippen molar-refractivity contribution in [2.24, 2.45) is 0 Å². The van der Waals surface area contributed by atoms with Gasteiger partial charge in [0.15, 0.2) is 17.3 Å². The van der Waals surface area contributed by atoms with Crippen LogP contribution in [-0.2, 0) is 21.3 Å². The summed E-state index contributed by atoms with van der Waals surface area (Å²) in [5.41, 5.74) is 1.44. The highest BCUT2D eigenvalue weighted by molar-refractivity contribution is 7.89. The van der Waals surface area contributed by atoms with E-state index in [2.05, 4.69) is 5.32 Å². The number of rotatable bonds is 7. The van der Waals surface area contributed by atoms with E-state index in [4.69, 9.17) is 14.2 Å². The number of hydrogen-bond donors (Lipinski definition) is 1. The van der Waals surface area contributed by atoms with Gasteiger partial charge in [-0.3, -0.25) is 4.79 Å². The van der Waals surface area contributed by atoms with Crippen LogP contribution in [0.15, 0.2) is 47.4 Å². The molecule has 0 atom stereocenters. The number of ketones is 1. The summed E-state index contributed by atoms with van der Waals surface area (Å²) in [6.07, 6.45) is 0. The van der Waals surface area contributed by atoms with Crippen molar-refractivity contribution in [3.05, 3.63) is 53.6 Å². The average molecular weight is 418 g/mol. The topological polar surface area (TPSA) is 94.2 Å². The molecule has 2 aromatic rings. The first-order valence-corrected chi connectivity index (χ1v) is 10.8. The van der Waals surface area contributed by atoms with Crippen LogP contribution in [0, 0.1) is 0 Å². The first-order chi connectivity index (χ1) is 14.0. The van der Waals surface area contributed by atoms with Crippen molar-refractivity contribution in [3.8, 4) is 11.5 Å². The SMILES string of the molecule is O=C(CNCc1ccc2c(c1)OCO2)c1ccc(S(=O)(=O)N2CCOCC2)cc1. The van der Waals surface area contributed by atoms with Gasteiger partial charge >= 0.3 is 0 Å². The first-order valence-electron chi connectivity index (χ1n) is 9.34. The molecule has 0 unspecified atom stereocenters. The molecule has 1 fully saturated rings. The molecule has 0 bridgehead atoms. The van der Waals surface area contributed by atoms with Gasteiger partial charge in [-0.25, -0.2) is 8.42 Å². The van der Waals surface area contributed by atoms with Crippen LogP contribution in [0.25, 0.3) is 0 Å². The van der Waals surface area contributed by atoms with Gasteiger partial charge in [0.2, 0.25) is 16.8 Å². The summed E-state index contributed by atoms with van der Waals surface area (Å²) < 4.78 is 42.5. The zero-order valence-corrected chi connectivity index (χ0v) is 16.6. The number of benzene rings is 2. The van der Waals surface area contributed by atoms with Crippen molar-refractivity contribution in [1.29, 1.82) is 0 Å². The summed E-state index contributed by atoms with van der Waals surface area (Å²) in [5.74, 6) is 1.31. The number of Topliss-reactive ketones (excluding diaryl/α,β-unsaturated/α-hetero) is 1. The average Bonchev–Trinajstić information content (AvgIpc) is 3.22. The summed E-state index contributed by atoms with van der Waals surface area (Å²) in [6, 6.07) is 11.7. The highest BCUT2D eigenvalue weighted by Crippen LogP contribution is 2.32. The Morgan fingerprint density at radius 3 is 2.48 bits per heavy atom. The van der Waals surface area contributed by atoms with Crippen LogP contribution < -0.4 is 14.8 Å². The lowest BCUT2D eigenvalue weighted by Gasteiger charge is -2.26. The third-order valence-electron chi connectivity index (χ3n) is 4.84. The molecule has 2 aliphatic heterocycles. The quantitative estimate of drug-likeness (QED) is 0.680. The fourth-order valence-electron chi connectivity index (χ4n) is 3.22. The maximum atomic E-state index is 12.6. The second kappa shape index (κ2) is 8.50. The molecule has 9 heteroatoms. The Bertz CT molecular complexity index is 985. The number of carbonyl (C=O) groups is 1. The molecule has 0 aliphatic carbocycles. The Hall–Kier alpha value is -2.46. The van der Waals surface area contributed by atoms with E-state index in [0.717, 1.165) is 11.3 Å². The van der Waals surface area contributed by atoms with E-state index < -0.39 is 10.0 Å². The fourth-order valence-corrected chi connectivity index (χ4v) is 4.63. The molecule has 0 amide bonds. The third-order valence-corrected chi connectivity index (χ3v) is 6.75. The van der Waals surface area contributed by atoms with Gasteiger partial charge < -0.3 is 19.5 Å². The second-order valence-electron chi connectivity index (χ2n) is 6.76. The number of hydrogen-bond acceptors (Lipinski definition) is 7. The lowest BCUT2D eigenvalue weighted by atomic mass is 10.1. The summed E-state index contributed by atoms with van der Waals surface area (Å²) in [6.45, 7) is 2.34. The molecule has 2 aromatic carbocycles. The molecule has 2 aliphatic rings. The monoisotopic (exact) mass is 418 g/mol. The standard InChI is InChI=1S/C20H22N2O6S/c23-18(13-21-12-15-1-6-19-20(11-15)28-14-27-19)16-2-4-17(5-3-16)29(24,25)22-7-9-26-10-8-22/h1-6,11,21H,7-10,12-14H2. The number of nitrogens with one attached hydrogen (secondary N) is 1. The minimum Gasteiger partial charge on any atom is -0.454 e. The second-order valence-corrected chi connectivity index (χ2v) is 8.69. The normalized spacial score (nSPS) is 16.7. The molecule has 1 N–H and O–H groups in total. The molecular weight excluding hydrogens is 396 g/mol. The predicted molar refractivity (Wildman–Crippen MR) is 105 cm³/mol. The Morgan fingerprint density at radius 2 is 1.72 bits per heavy atom. The lowest BCUT2D eigenvalue weighted by Crippen LogP contribution is -2.40. The van der Waals surface area contributed by atoms with Crippen molar-refractivity contribution in [2.45, 2.75) is 11.4 Å². The van der Waals surface area contributed by atoms with Gasteiger partial charge in [-0.1, -0.05) is 18.2 Å². The van der Waals surface area contributed by atoms with E-state index in [9.17, 15) is 13.2 Å². The van der Waals surface area contributed by atoms with Gasteiger partial charge in [0.25, 0.3) is 0 Å². The minimum absolute atomic E-state index is 0.110. The first kappa shape index (κ1) is 19.8.